The fourth-order valence-electron chi connectivity index (χ4n) is 3.15. The molecule has 0 fully saturated rings. The van der Waals surface area contributed by atoms with Gasteiger partial charge in [-0.2, -0.15) is 0 Å². The van der Waals surface area contributed by atoms with Crippen molar-refractivity contribution in [3.8, 4) is 11.5 Å². The smallest absolute Gasteiger partial charge is 0.228 e. The molecule has 1 N–H and O–H groups in total. The van der Waals surface area contributed by atoms with Crippen molar-refractivity contribution < 1.29 is 19.1 Å². The van der Waals surface area contributed by atoms with Crippen molar-refractivity contribution in [3.05, 3.63) is 59.2 Å². The molecule has 3 rings (SSSR count). The summed E-state index contributed by atoms with van der Waals surface area (Å²) >= 11 is 0. The number of benzene rings is 2. The Hall–Kier alpha value is -2.82. The van der Waals surface area contributed by atoms with E-state index >= 15 is 0 Å². The first-order chi connectivity index (χ1) is 12.1. The number of rotatable bonds is 6. The maximum absolute atomic E-state index is 12.5. The molecule has 0 aliphatic heterocycles. The predicted molar refractivity (Wildman–Crippen MR) is 94.4 cm³/mol. The van der Waals surface area contributed by atoms with Crippen molar-refractivity contribution in [1.29, 1.82) is 0 Å². The van der Waals surface area contributed by atoms with E-state index in [1.54, 1.807) is 13.2 Å². The van der Waals surface area contributed by atoms with Gasteiger partial charge in [0.15, 0.2) is 5.78 Å². The third-order valence-corrected chi connectivity index (χ3v) is 4.41. The number of ketones is 1. The lowest BCUT2D eigenvalue weighted by Crippen LogP contribution is -2.32. The normalized spacial score (nSPS) is 15.6. The standard InChI is InChI=1S/C20H21NO4/c1-13-4-3-5-16-18(22)12-17(19(13)16)20(23)21-10-11-25-15-8-6-14(24-2)7-9-15/h3-9,17H,10-12H2,1-2H3,(H,21,23). The Morgan fingerprint density at radius 3 is 2.60 bits per heavy atom. The van der Waals surface area contributed by atoms with Gasteiger partial charge in [0.1, 0.15) is 18.1 Å². The molecule has 1 amide bonds. The summed E-state index contributed by atoms with van der Waals surface area (Å²) in [5, 5.41) is 2.87. The van der Waals surface area contributed by atoms with E-state index in [9.17, 15) is 9.59 Å². The third-order valence-electron chi connectivity index (χ3n) is 4.41. The first-order valence-corrected chi connectivity index (χ1v) is 8.27. The van der Waals surface area contributed by atoms with Crippen molar-refractivity contribution in [1.82, 2.24) is 5.32 Å². The van der Waals surface area contributed by atoms with E-state index < -0.39 is 5.92 Å². The molecular weight excluding hydrogens is 318 g/mol. The van der Waals surface area contributed by atoms with Gasteiger partial charge in [0.25, 0.3) is 0 Å². The molecule has 130 valence electrons. The van der Waals surface area contributed by atoms with Crippen molar-refractivity contribution in [2.24, 2.45) is 0 Å². The highest BCUT2D eigenvalue weighted by Crippen LogP contribution is 2.35. The van der Waals surface area contributed by atoms with Crippen LogP contribution in [0.3, 0.4) is 0 Å². The number of carbonyl (C=O) groups is 2. The minimum atomic E-state index is -0.398. The molecule has 0 saturated heterocycles. The van der Waals surface area contributed by atoms with Crippen molar-refractivity contribution >= 4 is 11.7 Å². The van der Waals surface area contributed by atoms with Gasteiger partial charge in [-0.25, -0.2) is 0 Å². The first kappa shape index (κ1) is 17.0. The van der Waals surface area contributed by atoms with Crippen molar-refractivity contribution in [3.63, 3.8) is 0 Å². The molecule has 1 atom stereocenters. The van der Waals surface area contributed by atoms with Crippen molar-refractivity contribution in [2.45, 2.75) is 19.3 Å². The fraction of sp³-hybridized carbons (Fsp3) is 0.300. The van der Waals surface area contributed by atoms with E-state index in [0.29, 0.717) is 24.5 Å². The second kappa shape index (κ2) is 7.38. The lowest BCUT2D eigenvalue weighted by Gasteiger charge is -2.14. The van der Waals surface area contributed by atoms with Crippen LogP contribution in [0, 0.1) is 6.92 Å². The summed E-state index contributed by atoms with van der Waals surface area (Å²) in [7, 11) is 1.61. The van der Waals surface area contributed by atoms with Crippen LogP contribution in [0.1, 0.15) is 33.8 Å². The highest BCUT2D eigenvalue weighted by Gasteiger charge is 2.35. The average molecular weight is 339 g/mol. The van der Waals surface area contributed by atoms with Crippen LogP contribution < -0.4 is 14.8 Å². The molecule has 0 radical (unpaired) electrons. The summed E-state index contributed by atoms with van der Waals surface area (Å²) in [6, 6.07) is 12.9. The second-order valence-electron chi connectivity index (χ2n) is 6.03. The predicted octanol–water partition coefficient (Wildman–Crippen LogP) is 2.87. The van der Waals surface area contributed by atoms with Crippen LogP contribution in [-0.4, -0.2) is 32.0 Å². The molecule has 1 aliphatic rings. The van der Waals surface area contributed by atoms with Gasteiger partial charge in [-0.3, -0.25) is 9.59 Å². The van der Waals surface area contributed by atoms with Gasteiger partial charge in [0, 0.05) is 12.0 Å². The molecule has 0 spiro atoms. The summed E-state index contributed by atoms with van der Waals surface area (Å²) in [6.45, 7) is 2.68. The SMILES string of the molecule is COc1ccc(OCCNC(=O)C2CC(=O)c3cccc(C)c32)cc1. The first-order valence-electron chi connectivity index (χ1n) is 8.27. The summed E-state index contributed by atoms with van der Waals surface area (Å²) in [5.41, 5.74) is 2.52. The molecule has 5 heteroatoms. The highest BCUT2D eigenvalue weighted by atomic mass is 16.5. The Kier molecular flexibility index (Phi) is 5.03. The summed E-state index contributed by atoms with van der Waals surface area (Å²) in [5.74, 6) is 0.991. The third kappa shape index (κ3) is 3.65. The maximum atomic E-state index is 12.5. The van der Waals surface area contributed by atoms with Gasteiger partial charge in [-0.05, 0) is 42.3 Å². The minimum absolute atomic E-state index is 0.0355. The lowest BCUT2D eigenvalue weighted by molar-refractivity contribution is -0.122. The fourth-order valence-corrected chi connectivity index (χ4v) is 3.15. The average Bonchev–Trinajstić information content (AvgIpc) is 2.97. The van der Waals surface area contributed by atoms with Crippen LogP contribution in [0.4, 0.5) is 0 Å². The quantitative estimate of drug-likeness (QED) is 0.822. The Labute approximate surface area is 147 Å². The van der Waals surface area contributed by atoms with Crippen molar-refractivity contribution in [2.75, 3.05) is 20.3 Å². The van der Waals surface area contributed by atoms with E-state index in [0.717, 1.165) is 16.9 Å². The minimum Gasteiger partial charge on any atom is -0.497 e. The van der Waals surface area contributed by atoms with Gasteiger partial charge >= 0.3 is 0 Å². The number of nitrogens with one attached hydrogen (secondary N) is 1. The van der Waals surface area contributed by atoms with E-state index in [-0.39, 0.29) is 18.1 Å². The topological polar surface area (TPSA) is 64.6 Å². The Morgan fingerprint density at radius 1 is 1.16 bits per heavy atom. The molecule has 1 unspecified atom stereocenters. The molecule has 5 nitrogen and oxygen atoms in total. The Balaban J connectivity index is 1.53. The number of methoxy groups -OCH3 is 1. The molecule has 0 aromatic heterocycles. The molecule has 0 saturated carbocycles. The van der Waals surface area contributed by atoms with Gasteiger partial charge in [0.05, 0.1) is 19.6 Å². The van der Waals surface area contributed by atoms with E-state index in [1.165, 1.54) is 0 Å². The zero-order chi connectivity index (χ0) is 17.8. The number of aryl methyl sites for hydroxylation is 1. The molecule has 2 aromatic rings. The number of amides is 1. The Morgan fingerprint density at radius 2 is 1.88 bits per heavy atom. The zero-order valence-corrected chi connectivity index (χ0v) is 14.4. The molecule has 0 bridgehead atoms. The highest BCUT2D eigenvalue weighted by molar-refractivity contribution is 6.07. The van der Waals surface area contributed by atoms with Crippen LogP contribution in [0.5, 0.6) is 11.5 Å². The lowest BCUT2D eigenvalue weighted by atomic mass is 9.96. The molecule has 1 aliphatic carbocycles. The molecule has 2 aromatic carbocycles. The molecular formula is C20H21NO4. The van der Waals surface area contributed by atoms with Crippen LogP contribution in [-0.2, 0) is 4.79 Å². The van der Waals surface area contributed by atoms with Gasteiger partial charge in [-0.1, -0.05) is 18.2 Å². The zero-order valence-electron chi connectivity index (χ0n) is 14.4. The van der Waals surface area contributed by atoms with Crippen LogP contribution in [0.2, 0.25) is 0 Å². The number of Topliss-reactive ketones (excluding diaryl/α,β-unsaturated/α-hetero) is 1. The van der Waals surface area contributed by atoms with Crippen LogP contribution in [0.25, 0.3) is 0 Å². The number of fused-ring (bicyclic) bond motifs is 1. The van der Waals surface area contributed by atoms with E-state index in [2.05, 4.69) is 5.32 Å². The number of hydrogen-bond donors (Lipinski definition) is 1. The van der Waals surface area contributed by atoms with Gasteiger partial charge in [-0.15, -0.1) is 0 Å². The largest absolute Gasteiger partial charge is 0.497 e. The van der Waals surface area contributed by atoms with E-state index in [4.69, 9.17) is 9.47 Å². The number of hydrogen-bond acceptors (Lipinski definition) is 4. The summed E-state index contributed by atoms with van der Waals surface area (Å²) in [4.78, 5) is 24.6. The summed E-state index contributed by atoms with van der Waals surface area (Å²) < 4.78 is 10.7. The Bertz CT molecular complexity index is 783. The summed E-state index contributed by atoms with van der Waals surface area (Å²) in [6.07, 6.45) is 0.241. The molecule has 25 heavy (non-hydrogen) atoms. The maximum Gasteiger partial charge on any atom is 0.228 e. The van der Waals surface area contributed by atoms with E-state index in [1.807, 2.05) is 43.3 Å². The van der Waals surface area contributed by atoms with Crippen LogP contribution >= 0.6 is 0 Å². The van der Waals surface area contributed by atoms with Gasteiger partial charge < -0.3 is 14.8 Å². The van der Waals surface area contributed by atoms with Crippen LogP contribution in [0.15, 0.2) is 42.5 Å². The number of carbonyl (C=O) groups excluding carboxylic acids is 2. The second-order valence-corrected chi connectivity index (χ2v) is 6.03. The molecule has 0 heterocycles. The monoisotopic (exact) mass is 339 g/mol. The number of ether oxygens (including phenoxy) is 2. The van der Waals surface area contributed by atoms with Gasteiger partial charge in [0.2, 0.25) is 5.91 Å².